The SMILES string of the molecule is CC(C)Oc1cccc(C(=O)Nc2c(Cl)cc(Cl)cc2-c2nc3ccccc3s2)c1. The van der Waals surface area contributed by atoms with E-state index in [9.17, 15) is 4.79 Å². The number of halogens is 2. The maximum Gasteiger partial charge on any atom is 0.255 e. The van der Waals surface area contributed by atoms with E-state index in [1.807, 2.05) is 44.2 Å². The lowest BCUT2D eigenvalue weighted by atomic mass is 10.1. The third-order valence-electron chi connectivity index (χ3n) is 4.29. The van der Waals surface area contributed by atoms with Gasteiger partial charge in [0.15, 0.2) is 0 Å². The van der Waals surface area contributed by atoms with Crippen LogP contribution in [0.15, 0.2) is 60.7 Å². The van der Waals surface area contributed by atoms with E-state index >= 15 is 0 Å². The molecule has 1 N–H and O–H groups in total. The van der Waals surface area contributed by atoms with Crippen LogP contribution in [0.5, 0.6) is 5.75 Å². The molecule has 1 heterocycles. The highest BCUT2D eigenvalue weighted by Gasteiger charge is 2.18. The van der Waals surface area contributed by atoms with E-state index in [0.29, 0.717) is 32.6 Å². The van der Waals surface area contributed by atoms with Gasteiger partial charge in [0.2, 0.25) is 0 Å². The molecular weight excluding hydrogens is 439 g/mol. The fourth-order valence-electron chi connectivity index (χ4n) is 3.03. The summed E-state index contributed by atoms with van der Waals surface area (Å²) in [6.07, 6.45) is 0.0136. The zero-order valence-corrected chi connectivity index (χ0v) is 18.6. The molecule has 0 spiro atoms. The molecule has 0 saturated heterocycles. The average molecular weight is 457 g/mol. The molecule has 0 unspecified atom stereocenters. The summed E-state index contributed by atoms with van der Waals surface area (Å²) in [5.74, 6) is 0.335. The van der Waals surface area contributed by atoms with Gasteiger partial charge >= 0.3 is 0 Å². The first kappa shape index (κ1) is 20.7. The molecule has 0 bridgehead atoms. The molecule has 0 aliphatic carbocycles. The average Bonchev–Trinajstić information content (AvgIpc) is 3.13. The summed E-state index contributed by atoms with van der Waals surface area (Å²) < 4.78 is 6.73. The Kier molecular flexibility index (Phi) is 5.95. The molecule has 0 aliphatic heterocycles. The second-order valence-corrected chi connectivity index (χ2v) is 8.82. The van der Waals surface area contributed by atoms with Crippen LogP contribution in [-0.2, 0) is 0 Å². The summed E-state index contributed by atoms with van der Waals surface area (Å²) in [4.78, 5) is 17.7. The van der Waals surface area contributed by atoms with E-state index < -0.39 is 0 Å². The Hall–Kier alpha value is -2.60. The molecule has 4 nitrogen and oxygen atoms in total. The first-order valence-corrected chi connectivity index (χ1v) is 10.9. The summed E-state index contributed by atoms with van der Waals surface area (Å²) in [5.41, 5.74) is 2.50. The molecule has 0 radical (unpaired) electrons. The third-order valence-corrected chi connectivity index (χ3v) is 5.87. The summed E-state index contributed by atoms with van der Waals surface area (Å²) in [7, 11) is 0. The summed E-state index contributed by atoms with van der Waals surface area (Å²) >= 11 is 14.2. The smallest absolute Gasteiger partial charge is 0.255 e. The molecule has 0 fully saturated rings. The molecule has 0 saturated carbocycles. The summed E-state index contributed by atoms with van der Waals surface area (Å²) in [6.45, 7) is 3.87. The van der Waals surface area contributed by atoms with Crippen molar-refractivity contribution in [3.05, 3.63) is 76.3 Å². The Labute approximate surface area is 188 Å². The molecule has 0 aliphatic rings. The van der Waals surface area contributed by atoms with Crippen LogP contribution in [-0.4, -0.2) is 17.0 Å². The van der Waals surface area contributed by atoms with Crippen molar-refractivity contribution < 1.29 is 9.53 Å². The Morgan fingerprint density at radius 2 is 1.87 bits per heavy atom. The molecule has 1 aromatic heterocycles. The highest BCUT2D eigenvalue weighted by Crippen LogP contribution is 2.40. The Bertz CT molecular complexity index is 1200. The van der Waals surface area contributed by atoms with Crippen molar-refractivity contribution in [1.29, 1.82) is 0 Å². The van der Waals surface area contributed by atoms with Gasteiger partial charge in [-0.2, -0.15) is 0 Å². The van der Waals surface area contributed by atoms with Crippen LogP contribution in [0.2, 0.25) is 10.0 Å². The van der Waals surface area contributed by atoms with Crippen LogP contribution in [0, 0.1) is 0 Å². The van der Waals surface area contributed by atoms with Gasteiger partial charge in [0.25, 0.3) is 5.91 Å². The van der Waals surface area contributed by atoms with Crippen LogP contribution >= 0.6 is 34.5 Å². The van der Waals surface area contributed by atoms with Gasteiger partial charge in [-0.15, -0.1) is 11.3 Å². The fraction of sp³-hybridized carbons (Fsp3) is 0.130. The molecule has 30 heavy (non-hydrogen) atoms. The van der Waals surface area contributed by atoms with Crippen molar-refractivity contribution in [2.24, 2.45) is 0 Å². The number of aromatic nitrogens is 1. The number of benzene rings is 3. The maximum atomic E-state index is 13.0. The van der Waals surface area contributed by atoms with Crippen LogP contribution < -0.4 is 10.1 Å². The van der Waals surface area contributed by atoms with Gasteiger partial charge in [0.05, 0.1) is 27.0 Å². The fourth-order valence-corrected chi connectivity index (χ4v) is 4.55. The molecule has 4 aromatic rings. The third kappa shape index (κ3) is 4.43. The van der Waals surface area contributed by atoms with Gasteiger partial charge in [-0.1, -0.05) is 41.4 Å². The maximum absolute atomic E-state index is 13.0. The Morgan fingerprint density at radius 3 is 2.63 bits per heavy atom. The van der Waals surface area contributed by atoms with Crippen molar-refractivity contribution in [3.63, 3.8) is 0 Å². The lowest BCUT2D eigenvalue weighted by Crippen LogP contribution is -2.14. The number of carbonyl (C=O) groups excluding carboxylic acids is 1. The molecule has 1 amide bonds. The number of nitrogens with zero attached hydrogens (tertiary/aromatic N) is 1. The number of fused-ring (bicyclic) bond motifs is 1. The standard InChI is InChI=1S/C23H18Cl2N2O2S/c1-13(2)29-16-7-5-6-14(10-16)22(28)27-21-17(11-15(24)12-18(21)25)23-26-19-8-3-4-9-20(19)30-23/h3-13H,1-2H3,(H,27,28). The number of hydrogen-bond donors (Lipinski definition) is 1. The number of ether oxygens (including phenoxy) is 1. The number of carbonyl (C=O) groups is 1. The zero-order valence-electron chi connectivity index (χ0n) is 16.3. The van der Waals surface area contributed by atoms with Crippen molar-refractivity contribution in [2.75, 3.05) is 5.32 Å². The van der Waals surface area contributed by atoms with E-state index in [1.54, 1.807) is 30.3 Å². The van der Waals surface area contributed by atoms with E-state index in [0.717, 1.165) is 15.2 Å². The van der Waals surface area contributed by atoms with E-state index in [4.69, 9.17) is 27.9 Å². The summed E-state index contributed by atoms with van der Waals surface area (Å²) in [5, 5.41) is 4.48. The number of nitrogens with one attached hydrogen (secondary N) is 1. The van der Waals surface area contributed by atoms with Gasteiger partial charge in [0.1, 0.15) is 10.8 Å². The number of rotatable bonds is 5. The van der Waals surface area contributed by atoms with Crippen molar-refractivity contribution in [3.8, 4) is 16.3 Å². The highest BCUT2D eigenvalue weighted by molar-refractivity contribution is 7.21. The van der Waals surface area contributed by atoms with Crippen LogP contribution in [0.3, 0.4) is 0 Å². The minimum Gasteiger partial charge on any atom is -0.491 e. The van der Waals surface area contributed by atoms with E-state index in [2.05, 4.69) is 10.3 Å². The van der Waals surface area contributed by atoms with Gasteiger partial charge in [-0.05, 0) is 56.3 Å². The Balaban J connectivity index is 1.72. The number of para-hydroxylation sites is 1. The molecule has 3 aromatic carbocycles. The second kappa shape index (κ2) is 8.64. The first-order valence-electron chi connectivity index (χ1n) is 9.34. The lowest BCUT2D eigenvalue weighted by molar-refractivity contribution is 0.102. The summed E-state index contributed by atoms with van der Waals surface area (Å²) in [6, 6.07) is 18.2. The molecule has 152 valence electrons. The molecule has 4 rings (SSSR count). The quantitative estimate of drug-likeness (QED) is 0.342. The van der Waals surface area contributed by atoms with Crippen molar-refractivity contribution in [1.82, 2.24) is 4.98 Å². The van der Waals surface area contributed by atoms with E-state index in [-0.39, 0.29) is 12.0 Å². The number of amides is 1. The minimum atomic E-state index is -0.296. The first-order chi connectivity index (χ1) is 14.4. The second-order valence-electron chi connectivity index (χ2n) is 6.95. The largest absolute Gasteiger partial charge is 0.491 e. The lowest BCUT2D eigenvalue weighted by Gasteiger charge is -2.14. The molecule has 0 atom stereocenters. The van der Waals surface area contributed by atoms with Gasteiger partial charge < -0.3 is 10.1 Å². The number of thiazole rings is 1. The zero-order chi connectivity index (χ0) is 21.3. The minimum absolute atomic E-state index is 0.0136. The molecular formula is C23H18Cl2N2O2S. The Morgan fingerprint density at radius 1 is 1.07 bits per heavy atom. The van der Waals surface area contributed by atoms with Crippen LogP contribution in [0.25, 0.3) is 20.8 Å². The number of anilines is 1. The van der Waals surface area contributed by atoms with Gasteiger partial charge in [-0.3, -0.25) is 4.79 Å². The van der Waals surface area contributed by atoms with Crippen LogP contribution in [0.1, 0.15) is 24.2 Å². The van der Waals surface area contributed by atoms with Crippen molar-refractivity contribution >= 4 is 56.3 Å². The highest BCUT2D eigenvalue weighted by atomic mass is 35.5. The molecule has 7 heteroatoms. The van der Waals surface area contributed by atoms with Gasteiger partial charge in [-0.25, -0.2) is 4.98 Å². The van der Waals surface area contributed by atoms with Crippen LogP contribution in [0.4, 0.5) is 5.69 Å². The number of hydrogen-bond acceptors (Lipinski definition) is 4. The van der Waals surface area contributed by atoms with Crippen molar-refractivity contribution in [2.45, 2.75) is 20.0 Å². The van der Waals surface area contributed by atoms with Gasteiger partial charge in [0, 0.05) is 16.1 Å². The van der Waals surface area contributed by atoms with E-state index in [1.165, 1.54) is 11.3 Å². The predicted molar refractivity (Wildman–Crippen MR) is 125 cm³/mol. The normalized spacial score (nSPS) is 11.1. The monoisotopic (exact) mass is 456 g/mol. The topological polar surface area (TPSA) is 51.2 Å². The predicted octanol–water partition coefficient (Wildman–Crippen LogP) is 7.31.